The van der Waals surface area contributed by atoms with Crippen molar-refractivity contribution < 1.29 is 23.9 Å². The van der Waals surface area contributed by atoms with Gasteiger partial charge >= 0.3 is 6.03 Å². The van der Waals surface area contributed by atoms with Crippen LogP contribution >= 0.6 is 11.6 Å². The number of amides is 4. The molecule has 0 aromatic heterocycles. The summed E-state index contributed by atoms with van der Waals surface area (Å²) in [5.74, 6) is 1.54. The van der Waals surface area contributed by atoms with E-state index in [2.05, 4.69) is 11.2 Å². The van der Waals surface area contributed by atoms with E-state index in [9.17, 15) is 14.4 Å². The van der Waals surface area contributed by atoms with Gasteiger partial charge in [-0.1, -0.05) is 35.7 Å². The van der Waals surface area contributed by atoms with Crippen LogP contribution in [0.3, 0.4) is 0 Å². The Kier molecular flexibility index (Phi) is 5.86. The number of halogens is 1. The maximum atomic E-state index is 12.9. The van der Waals surface area contributed by atoms with Gasteiger partial charge in [-0.2, -0.15) is 0 Å². The molecule has 1 fully saturated rings. The second kappa shape index (κ2) is 8.50. The number of terminal acetylenes is 1. The minimum absolute atomic E-state index is 0.0621. The fourth-order valence-corrected chi connectivity index (χ4v) is 2.91. The molecule has 1 heterocycles. The second-order valence-electron chi connectivity index (χ2n) is 5.81. The first-order valence-electron chi connectivity index (χ1n) is 8.36. The number of carbonyl (C=O) groups excluding carboxylic acids is 3. The Morgan fingerprint density at radius 1 is 1.17 bits per heavy atom. The molecular formula is C21H15ClN2O5. The number of hydrogen-bond donors (Lipinski definition) is 1. The van der Waals surface area contributed by atoms with E-state index < -0.39 is 17.8 Å². The SMILES string of the molecule is C#CCOc1ccc(/C=C2\C(=O)NC(=O)N(c3ccccc3Cl)C2=O)cc1OC. The lowest BCUT2D eigenvalue weighted by Gasteiger charge is -2.27. The number of nitrogens with zero attached hydrogens (tertiary/aromatic N) is 1. The van der Waals surface area contributed by atoms with E-state index in [-0.39, 0.29) is 22.9 Å². The molecule has 0 atom stereocenters. The zero-order valence-corrected chi connectivity index (χ0v) is 16.0. The van der Waals surface area contributed by atoms with E-state index >= 15 is 0 Å². The Morgan fingerprint density at radius 2 is 1.93 bits per heavy atom. The average molecular weight is 411 g/mol. The van der Waals surface area contributed by atoms with Crippen molar-refractivity contribution in [3.8, 4) is 23.8 Å². The number of imide groups is 2. The third-order valence-corrected chi connectivity index (χ3v) is 4.32. The maximum absolute atomic E-state index is 12.9. The Balaban J connectivity index is 1.99. The number of barbiturate groups is 1. The highest BCUT2D eigenvalue weighted by atomic mass is 35.5. The van der Waals surface area contributed by atoms with Gasteiger partial charge in [0.15, 0.2) is 11.5 Å². The smallest absolute Gasteiger partial charge is 0.335 e. The van der Waals surface area contributed by atoms with Crippen LogP contribution in [0.2, 0.25) is 5.02 Å². The number of anilines is 1. The summed E-state index contributed by atoms with van der Waals surface area (Å²) >= 11 is 6.11. The van der Waals surface area contributed by atoms with E-state index in [4.69, 9.17) is 27.5 Å². The Labute approximate surface area is 171 Å². The molecule has 4 amide bonds. The van der Waals surface area contributed by atoms with Crippen LogP contribution < -0.4 is 19.7 Å². The number of hydrogen-bond acceptors (Lipinski definition) is 5. The van der Waals surface area contributed by atoms with Gasteiger partial charge in [0.25, 0.3) is 11.8 Å². The minimum Gasteiger partial charge on any atom is -0.493 e. The topological polar surface area (TPSA) is 84.9 Å². The van der Waals surface area contributed by atoms with Gasteiger partial charge in [0, 0.05) is 0 Å². The summed E-state index contributed by atoms with van der Waals surface area (Å²) in [5, 5.41) is 2.34. The van der Waals surface area contributed by atoms with Crippen molar-refractivity contribution in [1.82, 2.24) is 5.32 Å². The first-order valence-corrected chi connectivity index (χ1v) is 8.74. The standard InChI is InChI=1S/C21H15ClN2O5/c1-3-10-29-17-9-8-13(12-18(17)28-2)11-14-19(25)23-21(27)24(20(14)26)16-7-5-4-6-15(16)22/h1,4-9,11-12H,10H2,2H3,(H,23,25,27)/b14-11+. The Morgan fingerprint density at radius 3 is 2.62 bits per heavy atom. The van der Waals surface area contributed by atoms with Gasteiger partial charge in [0.1, 0.15) is 12.2 Å². The van der Waals surface area contributed by atoms with Crippen molar-refractivity contribution in [3.05, 3.63) is 58.6 Å². The molecule has 0 spiro atoms. The lowest BCUT2D eigenvalue weighted by atomic mass is 10.1. The Hall–Kier alpha value is -3.76. The van der Waals surface area contributed by atoms with Gasteiger partial charge in [-0.25, -0.2) is 9.69 Å². The van der Waals surface area contributed by atoms with Crippen molar-refractivity contribution in [1.29, 1.82) is 0 Å². The van der Waals surface area contributed by atoms with Crippen molar-refractivity contribution in [3.63, 3.8) is 0 Å². The van der Waals surface area contributed by atoms with Crippen molar-refractivity contribution in [2.45, 2.75) is 0 Å². The summed E-state index contributed by atoms with van der Waals surface area (Å²) in [4.78, 5) is 38.3. The summed E-state index contributed by atoms with van der Waals surface area (Å²) in [6.45, 7) is 0.0621. The van der Waals surface area contributed by atoms with E-state index in [1.807, 2.05) is 0 Å². The summed E-state index contributed by atoms with van der Waals surface area (Å²) < 4.78 is 10.6. The average Bonchev–Trinajstić information content (AvgIpc) is 2.71. The maximum Gasteiger partial charge on any atom is 0.335 e. The number of rotatable bonds is 5. The monoisotopic (exact) mass is 410 g/mol. The summed E-state index contributed by atoms with van der Waals surface area (Å²) in [5.41, 5.74) is 0.427. The van der Waals surface area contributed by atoms with Crippen LogP contribution in [0, 0.1) is 12.3 Å². The molecule has 2 aromatic rings. The molecule has 2 aromatic carbocycles. The van der Waals surface area contributed by atoms with Crippen molar-refractivity contribution >= 4 is 41.2 Å². The van der Waals surface area contributed by atoms with Crippen molar-refractivity contribution in [2.24, 2.45) is 0 Å². The first kappa shape index (κ1) is 20.0. The summed E-state index contributed by atoms with van der Waals surface area (Å²) in [7, 11) is 1.45. The molecule has 1 aliphatic heterocycles. The third-order valence-electron chi connectivity index (χ3n) is 4.00. The van der Waals surface area contributed by atoms with Crippen LogP contribution in [-0.4, -0.2) is 31.6 Å². The summed E-state index contributed by atoms with van der Waals surface area (Å²) in [6, 6.07) is 10.3. The molecule has 7 nitrogen and oxygen atoms in total. The molecule has 8 heteroatoms. The van der Waals surface area contributed by atoms with Crippen LogP contribution in [0.15, 0.2) is 48.0 Å². The number of nitrogens with one attached hydrogen (secondary N) is 1. The molecule has 0 saturated carbocycles. The molecule has 0 unspecified atom stereocenters. The zero-order chi connectivity index (χ0) is 21.0. The minimum atomic E-state index is -0.874. The van der Waals surface area contributed by atoms with E-state index in [1.165, 1.54) is 25.3 Å². The largest absolute Gasteiger partial charge is 0.493 e. The van der Waals surface area contributed by atoms with E-state index in [0.29, 0.717) is 17.1 Å². The van der Waals surface area contributed by atoms with E-state index in [1.54, 1.807) is 30.3 Å². The first-order chi connectivity index (χ1) is 14.0. The second-order valence-corrected chi connectivity index (χ2v) is 6.22. The third kappa shape index (κ3) is 4.08. The van der Waals surface area contributed by atoms with Gasteiger partial charge in [-0.3, -0.25) is 14.9 Å². The molecule has 29 heavy (non-hydrogen) atoms. The number of methoxy groups -OCH3 is 1. The predicted octanol–water partition coefficient (Wildman–Crippen LogP) is 3.03. The highest BCUT2D eigenvalue weighted by Crippen LogP contribution is 2.31. The molecule has 1 N–H and O–H groups in total. The van der Waals surface area contributed by atoms with Crippen LogP contribution in [0.5, 0.6) is 11.5 Å². The number of para-hydroxylation sites is 1. The fraction of sp³-hybridized carbons (Fsp3) is 0.0952. The number of carbonyl (C=O) groups is 3. The molecule has 0 radical (unpaired) electrons. The summed E-state index contributed by atoms with van der Waals surface area (Å²) in [6.07, 6.45) is 6.53. The van der Waals surface area contributed by atoms with Crippen LogP contribution in [0.4, 0.5) is 10.5 Å². The molecule has 3 rings (SSSR count). The molecule has 1 saturated heterocycles. The quantitative estimate of drug-likeness (QED) is 0.465. The van der Waals surface area contributed by atoms with Gasteiger partial charge in [0.2, 0.25) is 0 Å². The van der Waals surface area contributed by atoms with Crippen molar-refractivity contribution in [2.75, 3.05) is 18.6 Å². The van der Waals surface area contributed by atoms with Gasteiger partial charge in [-0.05, 0) is 35.9 Å². The normalized spacial score (nSPS) is 15.1. The highest BCUT2D eigenvalue weighted by Gasteiger charge is 2.37. The number of urea groups is 1. The van der Waals surface area contributed by atoms with Crippen LogP contribution in [0.25, 0.3) is 6.08 Å². The van der Waals surface area contributed by atoms with E-state index in [0.717, 1.165) is 4.90 Å². The number of benzene rings is 2. The molecule has 0 bridgehead atoms. The Bertz CT molecular complexity index is 1070. The van der Waals surface area contributed by atoms with Gasteiger partial charge < -0.3 is 9.47 Å². The fourth-order valence-electron chi connectivity index (χ4n) is 2.69. The van der Waals surface area contributed by atoms with Crippen LogP contribution in [0.1, 0.15) is 5.56 Å². The lowest BCUT2D eigenvalue weighted by Crippen LogP contribution is -2.54. The zero-order valence-electron chi connectivity index (χ0n) is 15.3. The van der Waals surface area contributed by atoms with Crippen LogP contribution in [-0.2, 0) is 9.59 Å². The van der Waals surface area contributed by atoms with Gasteiger partial charge in [0.05, 0.1) is 17.8 Å². The molecular weight excluding hydrogens is 396 g/mol. The lowest BCUT2D eigenvalue weighted by molar-refractivity contribution is -0.122. The molecule has 146 valence electrons. The molecule has 1 aliphatic rings. The number of ether oxygens (including phenoxy) is 2. The van der Waals surface area contributed by atoms with Gasteiger partial charge in [-0.15, -0.1) is 6.42 Å². The predicted molar refractivity (Wildman–Crippen MR) is 108 cm³/mol. The molecule has 0 aliphatic carbocycles. The highest BCUT2D eigenvalue weighted by molar-refractivity contribution is 6.42.